The highest BCUT2D eigenvalue weighted by atomic mass is 16.4. The van der Waals surface area contributed by atoms with Crippen molar-refractivity contribution in [1.29, 1.82) is 0 Å². The molecule has 1 N–H and O–H groups in total. The van der Waals surface area contributed by atoms with Gasteiger partial charge in [-0.1, -0.05) is 44.0 Å². The Balaban J connectivity index is 2.24. The summed E-state index contributed by atoms with van der Waals surface area (Å²) in [7, 11) is 0. The highest BCUT2D eigenvalue weighted by Gasteiger charge is 2.42. The Kier molecular flexibility index (Phi) is 2.99. The smallest absolute Gasteiger partial charge is 0.310 e. The first-order valence-corrected chi connectivity index (χ1v) is 5.98. The zero-order valence-corrected chi connectivity index (χ0v) is 9.70. The van der Waals surface area contributed by atoms with Crippen molar-refractivity contribution in [3.8, 4) is 0 Å². The van der Waals surface area contributed by atoms with Gasteiger partial charge in [-0.2, -0.15) is 0 Å². The largest absolute Gasteiger partial charge is 0.481 e. The molecule has 2 rings (SSSR count). The van der Waals surface area contributed by atoms with Crippen molar-refractivity contribution < 1.29 is 9.90 Å². The van der Waals surface area contributed by atoms with Crippen molar-refractivity contribution in [3.63, 3.8) is 0 Å². The van der Waals surface area contributed by atoms with Crippen LogP contribution in [0.25, 0.3) is 0 Å². The number of carbonyl (C=O) groups is 1. The van der Waals surface area contributed by atoms with Crippen LogP contribution >= 0.6 is 0 Å². The summed E-state index contributed by atoms with van der Waals surface area (Å²) in [5, 5.41) is 9.46. The molecule has 16 heavy (non-hydrogen) atoms. The molecule has 0 saturated carbocycles. The Morgan fingerprint density at radius 1 is 1.31 bits per heavy atom. The van der Waals surface area contributed by atoms with Gasteiger partial charge in [-0.05, 0) is 30.4 Å². The molecule has 2 nitrogen and oxygen atoms in total. The van der Waals surface area contributed by atoms with Gasteiger partial charge in [0.1, 0.15) is 0 Å². The molecule has 86 valence electrons. The SMILES string of the molecule is CCCCC1(C(=O)O)Cc2ccccc2C1. The minimum Gasteiger partial charge on any atom is -0.481 e. The number of hydrogen-bond donors (Lipinski definition) is 1. The van der Waals surface area contributed by atoms with E-state index in [-0.39, 0.29) is 0 Å². The molecule has 0 fully saturated rings. The second-order valence-electron chi connectivity index (χ2n) is 4.81. The molecule has 0 amide bonds. The van der Waals surface area contributed by atoms with Gasteiger partial charge in [0.05, 0.1) is 5.41 Å². The number of benzene rings is 1. The summed E-state index contributed by atoms with van der Waals surface area (Å²) in [5.74, 6) is -0.628. The van der Waals surface area contributed by atoms with E-state index in [1.807, 2.05) is 12.1 Å². The predicted molar refractivity (Wildman–Crippen MR) is 63.4 cm³/mol. The van der Waals surface area contributed by atoms with Gasteiger partial charge < -0.3 is 5.11 Å². The van der Waals surface area contributed by atoms with Gasteiger partial charge in [0.2, 0.25) is 0 Å². The van der Waals surface area contributed by atoms with E-state index in [1.54, 1.807) is 0 Å². The third-order valence-electron chi connectivity index (χ3n) is 3.64. The summed E-state index contributed by atoms with van der Waals surface area (Å²) in [6, 6.07) is 8.12. The summed E-state index contributed by atoms with van der Waals surface area (Å²) in [6.07, 6.45) is 4.27. The van der Waals surface area contributed by atoms with Crippen LogP contribution in [0.3, 0.4) is 0 Å². The Morgan fingerprint density at radius 3 is 2.31 bits per heavy atom. The van der Waals surface area contributed by atoms with Crippen LogP contribution in [0.4, 0.5) is 0 Å². The number of hydrogen-bond acceptors (Lipinski definition) is 1. The molecule has 0 spiro atoms. The average molecular weight is 218 g/mol. The van der Waals surface area contributed by atoms with E-state index in [0.717, 1.165) is 19.3 Å². The van der Waals surface area contributed by atoms with Gasteiger partial charge in [-0.15, -0.1) is 0 Å². The second kappa shape index (κ2) is 4.28. The number of fused-ring (bicyclic) bond motifs is 1. The monoisotopic (exact) mass is 218 g/mol. The van der Waals surface area contributed by atoms with Crippen molar-refractivity contribution in [2.24, 2.45) is 5.41 Å². The number of rotatable bonds is 4. The molecule has 2 heteroatoms. The third kappa shape index (κ3) is 1.84. The van der Waals surface area contributed by atoms with E-state index in [2.05, 4.69) is 19.1 Å². The first-order chi connectivity index (χ1) is 7.68. The lowest BCUT2D eigenvalue weighted by Gasteiger charge is -2.23. The van der Waals surface area contributed by atoms with Gasteiger partial charge >= 0.3 is 5.97 Å². The van der Waals surface area contributed by atoms with E-state index in [9.17, 15) is 9.90 Å². The topological polar surface area (TPSA) is 37.3 Å². The van der Waals surface area contributed by atoms with Gasteiger partial charge in [0, 0.05) is 0 Å². The fourth-order valence-corrected chi connectivity index (χ4v) is 2.64. The second-order valence-corrected chi connectivity index (χ2v) is 4.81. The fourth-order valence-electron chi connectivity index (χ4n) is 2.64. The summed E-state index contributed by atoms with van der Waals surface area (Å²) < 4.78 is 0. The van der Waals surface area contributed by atoms with E-state index < -0.39 is 11.4 Å². The van der Waals surface area contributed by atoms with Gasteiger partial charge in [0.25, 0.3) is 0 Å². The number of carboxylic acid groups (broad SMARTS) is 1. The van der Waals surface area contributed by atoms with Gasteiger partial charge in [-0.3, -0.25) is 4.79 Å². The lowest BCUT2D eigenvalue weighted by atomic mass is 9.80. The maximum Gasteiger partial charge on any atom is 0.310 e. The maximum absolute atomic E-state index is 11.5. The standard InChI is InChI=1S/C14H18O2/c1-2-3-8-14(13(15)16)9-11-6-4-5-7-12(11)10-14/h4-7H,2-3,8-10H2,1H3,(H,15,16). The van der Waals surface area contributed by atoms with Crippen LogP contribution in [0.1, 0.15) is 37.3 Å². The maximum atomic E-state index is 11.5. The molecule has 1 aliphatic rings. The van der Waals surface area contributed by atoms with E-state index in [4.69, 9.17) is 0 Å². The van der Waals surface area contributed by atoms with Crippen LogP contribution in [0.5, 0.6) is 0 Å². The molecule has 1 aromatic rings. The fraction of sp³-hybridized carbons (Fsp3) is 0.500. The molecular formula is C14H18O2. The highest BCUT2D eigenvalue weighted by Crippen LogP contribution is 2.41. The molecule has 0 unspecified atom stereocenters. The van der Waals surface area contributed by atoms with Crippen molar-refractivity contribution in [1.82, 2.24) is 0 Å². The quantitative estimate of drug-likeness (QED) is 0.843. The Morgan fingerprint density at radius 2 is 1.88 bits per heavy atom. The molecule has 0 radical (unpaired) electrons. The minimum absolute atomic E-state index is 0.528. The summed E-state index contributed by atoms with van der Waals surface area (Å²) in [5.41, 5.74) is 1.92. The Bertz CT molecular complexity index is 370. The Labute approximate surface area is 96.3 Å². The zero-order valence-electron chi connectivity index (χ0n) is 9.70. The molecule has 1 aromatic carbocycles. The number of carboxylic acids is 1. The Hall–Kier alpha value is -1.31. The molecule has 0 saturated heterocycles. The highest BCUT2D eigenvalue weighted by molar-refractivity contribution is 5.77. The van der Waals surface area contributed by atoms with Crippen LogP contribution in [0.2, 0.25) is 0 Å². The van der Waals surface area contributed by atoms with Crippen LogP contribution in [-0.2, 0) is 17.6 Å². The molecule has 0 atom stereocenters. The third-order valence-corrected chi connectivity index (χ3v) is 3.64. The number of aliphatic carboxylic acids is 1. The van der Waals surface area contributed by atoms with Crippen LogP contribution in [0, 0.1) is 5.41 Å². The zero-order chi connectivity index (χ0) is 11.6. The van der Waals surface area contributed by atoms with Crippen molar-refractivity contribution >= 4 is 5.97 Å². The first kappa shape index (κ1) is 11.2. The lowest BCUT2D eigenvalue weighted by Crippen LogP contribution is -2.31. The molecule has 0 bridgehead atoms. The summed E-state index contributed by atoms with van der Waals surface area (Å²) >= 11 is 0. The van der Waals surface area contributed by atoms with Gasteiger partial charge in [-0.25, -0.2) is 0 Å². The normalized spacial score (nSPS) is 17.1. The van der Waals surface area contributed by atoms with E-state index in [1.165, 1.54) is 11.1 Å². The molecular weight excluding hydrogens is 200 g/mol. The molecule has 0 heterocycles. The predicted octanol–water partition coefficient (Wildman–Crippen LogP) is 3.05. The van der Waals surface area contributed by atoms with E-state index in [0.29, 0.717) is 12.8 Å². The minimum atomic E-state index is -0.628. The first-order valence-electron chi connectivity index (χ1n) is 5.98. The average Bonchev–Trinajstić information content (AvgIpc) is 2.66. The molecule has 0 aliphatic heterocycles. The molecule has 0 aromatic heterocycles. The van der Waals surface area contributed by atoms with Crippen molar-refractivity contribution in [3.05, 3.63) is 35.4 Å². The van der Waals surface area contributed by atoms with Crippen LogP contribution in [-0.4, -0.2) is 11.1 Å². The van der Waals surface area contributed by atoms with Crippen molar-refractivity contribution in [2.45, 2.75) is 39.0 Å². The van der Waals surface area contributed by atoms with E-state index >= 15 is 0 Å². The van der Waals surface area contributed by atoms with Crippen molar-refractivity contribution in [2.75, 3.05) is 0 Å². The summed E-state index contributed by atoms with van der Waals surface area (Å²) in [4.78, 5) is 11.5. The number of unbranched alkanes of at least 4 members (excludes halogenated alkanes) is 1. The van der Waals surface area contributed by atoms with Crippen LogP contribution in [0.15, 0.2) is 24.3 Å². The van der Waals surface area contributed by atoms with Gasteiger partial charge in [0.15, 0.2) is 0 Å². The van der Waals surface area contributed by atoms with Crippen LogP contribution < -0.4 is 0 Å². The molecule has 1 aliphatic carbocycles. The lowest BCUT2D eigenvalue weighted by molar-refractivity contribution is -0.149. The summed E-state index contributed by atoms with van der Waals surface area (Å²) in [6.45, 7) is 2.11.